The van der Waals surface area contributed by atoms with Gasteiger partial charge in [-0.25, -0.2) is 0 Å². The van der Waals surface area contributed by atoms with Gasteiger partial charge in [0, 0.05) is 72.1 Å². The molecule has 4 aromatic heterocycles. The minimum absolute atomic E-state index is 0.929. The van der Waals surface area contributed by atoms with Crippen LogP contribution in [0, 0.1) is 0 Å². The molecule has 79 heavy (non-hydrogen) atoms. The number of rotatable bonds is 11. The maximum Gasteiger partial charge on any atom is 0.0709 e. The maximum atomic E-state index is 5.34. The Balaban J connectivity index is 0.941. The summed E-state index contributed by atoms with van der Waals surface area (Å²) in [5.74, 6) is 0. The smallest absolute Gasteiger partial charge is 0.0709 e. The molecule has 0 saturated carbocycles. The highest BCUT2D eigenvalue weighted by atomic mass is 32.1. The molecule has 4 heterocycles. The Labute approximate surface area is 464 Å². The minimum atomic E-state index is 0.929. The number of fused-ring (bicyclic) bond motifs is 3. The molecule has 0 amide bonds. The van der Waals surface area contributed by atoms with Crippen LogP contribution in [0.15, 0.2) is 298 Å². The lowest BCUT2D eigenvalue weighted by Crippen LogP contribution is -1.95. The average Bonchev–Trinajstić information content (AvgIpc) is 4.01. The van der Waals surface area contributed by atoms with Crippen molar-refractivity contribution in [2.75, 3.05) is 0 Å². The number of pyridine rings is 3. The van der Waals surface area contributed by atoms with Crippen LogP contribution in [0.4, 0.5) is 0 Å². The van der Waals surface area contributed by atoms with Crippen molar-refractivity contribution in [3.63, 3.8) is 0 Å². The molecule has 0 bridgehead atoms. The highest BCUT2D eigenvalue weighted by molar-refractivity contribution is 7.25. The van der Waals surface area contributed by atoms with E-state index in [4.69, 9.17) is 15.0 Å². The lowest BCUT2D eigenvalue weighted by molar-refractivity contribution is 1.32. The molecule has 4 heteroatoms. The van der Waals surface area contributed by atoms with E-state index in [0.717, 1.165) is 112 Å². The van der Waals surface area contributed by atoms with Gasteiger partial charge < -0.3 is 0 Å². The molecule has 0 atom stereocenters. The lowest BCUT2D eigenvalue weighted by Gasteiger charge is -2.19. The van der Waals surface area contributed by atoms with Crippen molar-refractivity contribution >= 4 is 31.5 Å². The fourth-order valence-electron chi connectivity index (χ4n) is 11.1. The first-order chi connectivity index (χ1) is 39.1. The number of benzene rings is 10. The van der Waals surface area contributed by atoms with Crippen LogP contribution in [0.5, 0.6) is 0 Å². The van der Waals surface area contributed by atoms with E-state index in [9.17, 15) is 0 Å². The van der Waals surface area contributed by atoms with E-state index in [-0.39, 0.29) is 0 Å². The molecule has 10 aromatic carbocycles. The number of nitrogens with zero attached hydrogens (tertiary/aromatic N) is 3. The van der Waals surface area contributed by atoms with E-state index in [1.165, 1.54) is 31.3 Å². The fraction of sp³-hybridized carbons (Fsp3) is 0. The molecule has 0 spiro atoms. The van der Waals surface area contributed by atoms with Crippen LogP contribution in [0.25, 0.3) is 143 Å². The van der Waals surface area contributed by atoms with Gasteiger partial charge in [0.25, 0.3) is 0 Å². The molecular weight excluding hydrogens is 975 g/mol. The van der Waals surface area contributed by atoms with Gasteiger partial charge >= 0.3 is 0 Å². The summed E-state index contributed by atoms with van der Waals surface area (Å²) in [5, 5.41) is 2.56. The normalized spacial score (nSPS) is 11.3. The van der Waals surface area contributed by atoms with Crippen LogP contribution in [-0.2, 0) is 0 Å². The highest BCUT2D eigenvalue weighted by Crippen LogP contribution is 2.45. The van der Waals surface area contributed by atoms with Crippen molar-refractivity contribution in [2.24, 2.45) is 0 Å². The second kappa shape index (κ2) is 20.8. The molecule has 3 nitrogen and oxygen atoms in total. The van der Waals surface area contributed by atoms with E-state index in [2.05, 4.69) is 273 Å². The first kappa shape index (κ1) is 47.3. The first-order valence-corrected chi connectivity index (χ1v) is 27.5. The Kier molecular flexibility index (Phi) is 12.4. The molecule has 0 saturated heterocycles. The van der Waals surface area contributed by atoms with E-state index in [1.807, 2.05) is 35.9 Å². The van der Waals surface area contributed by atoms with Crippen molar-refractivity contribution in [2.45, 2.75) is 0 Å². The van der Waals surface area contributed by atoms with Crippen molar-refractivity contribution in [1.82, 2.24) is 15.0 Å². The zero-order valence-electron chi connectivity index (χ0n) is 43.0. The average molecular weight is 1020 g/mol. The lowest BCUT2D eigenvalue weighted by atomic mass is 9.85. The summed E-state index contributed by atoms with van der Waals surface area (Å²) in [6.07, 6.45) is 6.11. The van der Waals surface area contributed by atoms with Gasteiger partial charge in [0.05, 0.1) is 17.1 Å². The number of hydrogen-bond donors (Lipinski definition) is 0. The molecule has 0 unspecified atom stereocenters. The summed E-state index contributed by atoms with van der Waals surface area (Å²) >= 11 is 1.83. The monoisotopic (exact) mass is 1020 g/mol. The van der Waals surface area contributed by atoms with Gasteiger partial charge in [0.1, 0.15) is 0 Å². The molecule has 0 fully saturated rings. The van der Waals surface area contributed by atoms with E-state index in [1.54, 1.807) is 0 Å². The van der Waals surface area contributed by atoms with Crippen LogP contribution in [0.2, 0.25) is 0 Å². The predicted molar refractivity (Wildman–Crippen MR) is 333 cm³/mol. The van der Waals surface area contributed by atoms with Gasteiger partial charge in [0.2, 0.25) is 0 Å². The Morgan fingerprint density at radius 3 is 1.11 bits per heavy atom. The van der Waals surface area contributed by atoms with E-state index >= 15 is 0 Å². The summed E-state index contributed by atoms with van der Waals surface area (Å²) in [6, 6.07) is 100. The van der Waals surface area contributed by atoms with Crippen molar-refractivity contribution in [1.29, 1.82) is 0 Å². The second-order valence-corrected chi connectivity index (χ2v) is 21.0. The molecule has 0 aliphatic heterocycles. The van der Waals surface area contributed by atoms with Gasteiger partial charge in [-0.2, -0.15) is 0 Å². The zero-order chi connectivity index (χ0) is 52.5. The molecule has 370 valence electrons. The van der Waals surface area contributed by atoms with Crippen molar-refractivity contribution in [3.05, 3.63) is 298 Å². The molecule has 0 aliphatic rings. The third-order valence-corrected chi connectivity index (χ3v) is 16.2. The molecule has 14 rings (SSSR count). The highest BCUT2D eigenvalue weighted by Gasteiger charge is 2.20. The van der Waals surface area contributed by atoms with E-state index < -0.39 is 0 Å². The molecule has 0 aliphatic carbocycles. The third-order valence-electron chi connectivity index (χ3n) is 15.1. The van der Waals surface area contributed by atoms with Gasteiger partial charge in [0.15, 0.2) is 0 Å². The first-order valence-electron chi connectivity index (χ1n) is 26.7. The Morgan fingerprint density at radius 2 is 0.582 bits per heavy atom. The summed E-state index contributed by atoms with van der Waals surface area (Å²) in [6.45, 7) is 0. The predicted octanol–water partition coefficient (Wildman–Crippen LogP) is 20.6. The third kappa shape index (κ3) is 9.31. The number of aromatic nitrogens is 3. The van der Waals surface area contributed by atoms with Crippen LogP contribution in [-0.4, -0.2) is 15.0 Å². The zero-order valence-corrected chi connectivity index (χ0v) is 43.9. The fourth-order valence-corrected chi connectivity index (χ4v) is 12.3. The summed E-state index contributed by atoms with van der Waals surface area (Å²) in [4.78, 5) is 15.3. The van der Waals surface area contributed by atoms with Crippen molar-refractivity contribution < 1.29 is 0 Å². The van der Waals surface area contributed by atoms with Crippen molar-refractivity contribution in [3.8, 4) is 123 Å². The topological polar surface area (TPSA) is 38.7 Å². The van der Waals surface area contributed by atoms with Crippen LogP contribution < -0.4 is 0 Å². The van der Waals surface area contributed by atoms with Gasteiger partial charge in [-0.1, -0.05) is 231 Å². The van der Waals surface area contributed by atoms with Crippen LogP contribution in [0.3, 0.4) is 0 Å². The number of hydrogen-bond acceptors (Lipinski definition) is 4. The largest absolute Gasteiger partial charge is 0.256 e. The summed E-state index contributed by atoms with van der Waals surface area (Å²) in [5.41, 5.74) is 23.7. The molecule has 14 aromatic rings. The molecular formula is C75H49N3S. The summed E-state index contributed by atoms with van der Waals surface area (Å²) in [7, 11) is 0. The molecule has 0 radical (unpaired) electrons. The van der Waals surface area contributed by atoms with Gasteiger partial charge in [-0.3, -0.25) is 15.0 Å². The summed E-state index contributed by atoms with van der Waals surface area (Å²) < 4.78 is 2.54. The Bertz CT molecular complexity index is 4350. The SMILES string of the molecule is c1ccc(-c2ccc(-c3cc(-c4ccc5c(c4)sc4ccccc45)ncc3-c3ccccc3-c3cc(-c4ccccc4-c4ccc(-c5ccccc5)nc4)cc(-c4ccccc4-c4ccc(-c5ccccc5)nc4)c3)cc2)cc1. The Morgan fingerprint density at radius 1 is 0.190 bits per heavy atom. The number of thiophene rings is 1. The van der Waals surface area contributed by atoms with Crippen LogP contribution >= 0.6 is 11.3 Å². The minimum Gasteiger partial charge on any atom is -0.256 e. The second-order valence-electron chi connectivity index (χ2n) is 19.9. The van der Waals surface area contributed by atoms with Gasteiger partial charge in [-0.15, -0.1) is 11.3 Å². The van der Waals surface area contributed by atoms with Crippen LogP contribution in [0.1, 0.15) is 0 Å². The van der Waals surface area contributed by atoms with E-state index in [0.29, 0.717) is 0 Å². The standard InChI is InChI=1S/C75H49N3S/c1-4-18-50(19-5-1)51-32-34-52(35-33-51)69-46-73(55-36-39-68-67-30-16-17-31-74(67)79-75(68)45-55)78-49-70(69)66-29-15-14-28-65(66)60-43-58(63-26-12-10-24-61(63)56-37-40-71(76-47-56)53-20-6-2-7-21-53)42-59(44-60)64-27-13-11-25-62(64)57-38-41-72(77-48-57)54-22-8-3-9-23-54/h1-49H. The Hall–Kier alpha value is -10.1. The molecule has 0 N–H and O–H groups in total. The van der Waals surface area contributed by atoms with Gasteiger partial charge in [-0.05, 0) is 121 Å². The maximum absolute atomic E-state index is 5.34. The quantitative estimate of drug-likeness (QED) is 0.130.